The van der Waals surface area contributed by atoms with Gasteiger partial charge in [-0.05, 0) is 41.7 Å². The molecule has 0 aromatic heterocycles. The van der Waals surface area contributed by atoms with E-state index < -0.39 is 35.9 Å². The molecule has 2 rings (SSSR count). The standard InChI is InChI=1S/C23H29N3O5S/c1-32-12-11-18(24)21(28)25-19(13-15-5-3-2-4-6-15)22(29)26-20(23(30)31)14-16-7-9-17(27)10-8-16/h2-10,18-20,27H,11-14,24H2,1H3,(H,25,28)(H,26,29)(H,30,31)/t18-,19-,20-/m0/s1. The summed E-state index contributed by atoms with van der Waals surface area (Å²) < 4.78 is 0. The molecule has 0 aliphatic rings. The fourth-order valence-electron chi connectivity index (χ4n) is 3.05. The van der Waals surface area contributed by atoms with Crippen molar-refractivity contribution in [1.29, 1.82) is 0 Å². The lowest BCUT2D eigenvalue weighted by molar-refractivity contribution is -0.142. The topological polar surface area (TPSA) is 142 Å². The van der Waals surface area contributed by atoms with Crippen LogP contribution in [-0.4, -0.2) is 58.1 Å². The van der Waals surface area contributed by atoms with Gasteiger partial charge in [-0.15, -0.1) is 0 Å². The molecule has 0 saturated heterocycles. The maximum absolute atomic E-state index is 13.0. The van der Waals surface area contributed by atoms with Crippen molar-refractivity contribution in [2.45, 2.75) is 37.4 Å². The zero-order valence-electron chi connectivity index (χ0n) is 17.9. The number of nitrogens with one attached hydrogen (secondary N) is 2. The van der Waals surface area contributed by atoms with E-state index >= 15 is 0 Å². The largest absolute Gasteiger partial charge is 0.508 e. The van der Waals surface area contributed by atoms with Crippen LogP contribution in [0.2, 0.25) is 0 Å². The van der Waals surface area contributed by atoms with Gasteiger partial charge in [0.25, 0.3) is 0 Å². The number of aliphatic carboxylic acids is 1. The van der Waals surface area contributed by atoms with Gasteiger partial charge in [-0.3, -0.25) is 9.59 Å². The number of carboxylic acid groups (broad SMARTS) is 1. The Kier molecular flexibility index (Phi) is 10.0. The predicted octanol–water partition coefficient (Wildman–Crippen LogP) is 1.31. The average Bonchev–Trinajstić information content (AvgIpc) is 2.78. The van der Waals surface area contributed by atoms with Crippen LogP contribution in [0.25, 0.3) is 0 Å². The van der Waals surface area contributed by atoms with Crippen LogP contribution in [0.5, 0.6) is 5.75 Å². The molecule has 8 nitrogen and oxygen atoms in total. The van der Waals surface area contributed by atoms with E-state index in [-0.39, 0.29) is 18.6 Å². The van der Waals surface area contributed by atoms with Crippen LogP contribution in [0.15, 0.2) is 54.6 Å². The number of thioether (sulfide) groups is 1. The summed E-state index contributed by atoms with van der Waals surface area (Å²) in [5.74, 6) is -1.50. The van der Waals surface area contributed by atoms with E-state index in [2.05, 4.69) is 10.6 Å². The van der Waals surface area contributed by atoms with Crippen molar-refractivity contribution in [2.75, 3.05) is 12.0 Å². The van der Waals surface area contributed by atoms with E-state index in [0.717, 1.165) is 5.56 Å². The van der Waals surface area contributed by atoms with Crippen molar-refractivity contribution in [3.05, 3.63) is 65.7 Å². The third kappa shape index (κ3) is 8.24. The van der Waals surface area contributed by atoms with E-state index in [1.165, 1.54) is 12.1 Å². The summed E-state index contributed by atoms with van der Waals surface area (Å²) in [4.78, 5) is 37.3. The number of phenols is 1. The fraction of sp³-hybridized carbons (Fsp3) is 0.348. The van der Waals surface area contributed by atoms with Crippen molar-refractivity contribution in [1.82, 2.24) is 10.6 Å². The van der Waals surface area contributed by atoms with Gasteiger partial charge in [0, 0.05) is 12.8 Å². The third-order valence-electron chi connectivity index (χ3n) is 4.88. The highest BCUT2D eigenvalue weighted by atomic mass is 32.2. The maximum atomic E-state index is 13.0. The van der Waals surface area contributed by atoms with Crippen LogP contribution in [0, 0.1) is 0 Å². The number of carbonyl (C=O) groups excluding carboxylic acids is 2. The number of hydrogen-bond donors (Lipinski definition) is 5. The minimum Gasteiger partial charge on any atom is -0.508 e. The molecule has 0 aliphatic carbocycles. The quantitative estimate of drug-likeness (QED) is 0.322. The summed E-state index contributed by atoms with van der Waals surface area (Å²) in [7, 11) is 0. The summed E-state index contributed by atoms with van der Waals surface area (Å²) >= 11 is 1.57. The Balaban J connectivity index is 2.14. The Morgan fingerprint density at radius 1 is 0.906 bits per heavy atom. The molecule has 2 aromatic carbocycles. The normalized spacial score (nSPS) is 13.6. The van der Waals surface area contributed by atoms with E-state index in [1.54, 1.807) is 23.9 Å². The molecule has 172 valence electrons. The number of amides is 2. The Morgan fingerprint density at radius 2 is 1.47 bits per heavy atom. The molecule has 32 heavy (non-hydrogen) atoms. The minimum absolute atomic E-state index is 0.0284. The van der Waals surface area contributed by atoms with Gasteiger partial charge in [0.15, 0.2) is 0 Å². The van der Waals surface area contributed by atoms with E-state index in [4.69, 9.17) is 5.73 Å². The van der Waals surface area contributed by atoms with Gasteiger partial charge >= 0.3 is 5.97 Å². The van der Waals surface area contributed by atoms with Gasteiger partial charge in [0.05, 0.1) is 6.04 Å². The lowest BCUT2D eigenvalue weighted by Gasteiger charge is -2.23. The molecule has 9 heteroatoms. The maximum Gasteiger partial charge on any atom is 0.326 e. The first kappa shape index (κ1) is 25.2. The van der Waals surface area contributed by atoms with Crippen molar-refractivity contribution >= 4 is 29.5 Å². The first-order chi connectivity index (χ1) is 15.3. The Hall–Kier alpha value is -3.04. The molecule has 0 bridgehead atoms. The van der Waals surface area contributed by atoms with Crippen LogP contribution < -0.4 is 16.4 Å². The van der Waals surface area contributed by atoms with Gasteiger partial charge in [0.1, 0.15) is 17.8 Å². The van der Waals surface area contributed by atoms with Gasteiger partial charge in [-0.25, -0.2) is 4.79 Å². The molecule has 0 fully saturated rings. The van der Waals surface area contributed by atoms with Crippen LogP contribution in [0.4, 0.5) is 0 Å². The summed E-state index contributed by atoms with van der Waals surface area (Å²) in [6.07, 6.45) is 2.60. The van der Waals surface area contributed by atoms with Gasteiger partial charge < -0.3 is 26.6 Å². The summed E-state index contributed by atoms with van der Waals surface area (Å²) in [5, 5.41) is 24.2. The molecule has 0 saturated carbocycles. The van der Waals surface area contributed by atoms with Gasteiger partial charge in [-0.1, -0.05) is 42.5 Å². The zero-order valence-corrected chi connectivity index (χ0v) is 18.7. The smallest absolute Gasteiger partial charge is 0.326 e. The number of carbonyl (C=O) groups is 3. The zero-order chi connectivity index (χ0) is 23.5. The van der Waals surface area contributed by atoms with Crippen LogP contribution in [0.1, 0.15) is 17.5 Å². The molecule has 0 heterocycles. The van der Waals surface area contributed by atoms with E-state index in [9.17, 15) is 24.6 Å². The SMILES string of the molecule is CSCC[C@H](N)C(=O)N[C@@H](Cc1ccccc1)C(=O)N[C@@H](Cc1ccc(O)cc1)C(=O)O. The highest BCUT2D eigenvalue weighted by molar-refractivity contribution is 7.98. The summed E-state index contributed by atoms with van der Waals surface area (Å²) in [6, 6.07) is 12.3. The van der Waals surface area contributed by atoms with E-state index in [0.29, 0.717) is 17.7 Å². The van der Waals surface area contributed by atoms with Gasteiger partial charge in [-0.2, -0.15) is 11.8 Å². The summed E-state index contributed by atoms with van der Waals surface area (Å²) in [5.41, 5.74) is 7.39. The highest BCUT2D eigenvalue weighted by Gasteiger charge is 2.28. The molecule has 3 atom stereocenters. The van der Waals surface area contributed by atoms with Crippen molar-refractivity contribution in [3.8, 4) is 5.75 Å². The second kappa shape index (κ2) is 12.7. The lowest BCUT2D eigenvalue weighted by atomic mass is 10.0. The van der Waals surface area contributed by atoms with Crippen LogP contribution >= 0.6 is 11.8 Å². The Morgan fingerprint density at radius 3 is 2.06 bits per heavy atom. The summed E-state index contributed by atoms with van der Waals surface area (Å²) in [6.45, 7) is 0. The molecular weight excluding hydrogens is 430 g/mol. The number of benzene rings is 2. The molecule has 2 aromatic rings. The molecule has 0 aliphatic heterocycles. The van der Waals surface area contributed by atoms with Crippen molar-refractivity contribution in [3.63, 3.8) is 0 Å². The minimum atomic E-state index is -1.20. The molecule has 6 N–H and O–H groups in total. The lowest BCUT2D eigenvalue weighted by Crippen LogP contribution is -2.55. The first-order valence-corrected chi connectivity index (χ1v) is 11.6. The number of aromatic hydroxyl groups is 1. The molecular formula is C23H29N3O5S. The number of hydrogen-bond acceptors (Lipinski definition) is 6. The predicted molar refractivity (Wildman–Crippen MR) is 124 cm³/mol. The highest BCUT2D eigenvalue weighted by Crippen LogP contribution is 2.12. The Labute approximate surface area is 191 Å². The van der Waals surface area contributed by atoms with Crippen molar-refractivity contribution < 1.29 is 24.6 Å². The number of rotatable bonds is 12. The molecule has 2 amide bonds. The molecule has 0 radical (unpaired) electrons. The fourth-order valence-corrected chi connectivity index (χ4v) is 3.54. The van der Waals surface area contributed by atoms with Crippen LogP contribution in [0.3, 0.4) is 0 Å². The average molecular weight is 460 g/mol. The van der Waals surface area contributed by atoms with E-state index in [1.807, 2.05) is 36.6 Å². The Bertz CT molecular complexity index is 892. The monoisotopic (exact) mass is 459 g/mol. The number of nitrogens with two attached hydrogens (primary N) is 1. The first-order valence-electron chi connectivity index (χ1n) is 10.2. The molecule has 0 spiro atoms. The molecule has 0 unspecified atom stereocenters. The second-order valence-electron chi connectivity index (χ2n) is 7.41. The number of phenolic OH excluding ortho intramolecular Hbond substituents is 1. The third-order valence-corrected chi connectivity index (χ3v) is 5.52. The second-order valence-corrected chi connectivity index (χ2v) is 8.39. The van der Waals surface area contributed by atoms with Crippen molar-refractivity contribution in [2.24, 2.45) is 5.73 Å². The number of carboxylic acids is 1. The van der Waals surface area contributed by atoms with Gasteiger partial charge in [0.2, 0.25) is 11.8 Å². The van der Waals surface area contributed by atoms with Crippen LogP contribution in [-0.2, 0) is 27.2 Å².